The van der Waals surface area contributed by atoms with Gasteiger partial charge in [-0.25, -0.2) is 0 Å². The normalized spacial score (nSPS) is 12.1. The molecule has 0 aliphatic carbocycles. The molecule has 1 heterocycles. The predicted octanol–water partition coefficient (Wildman–Crippen LogP) is 4.07. The van der Waals surface area contributed by atoms with Crippen molar-refractivity contribution in [3.05, 3.63) is 53.3 Å². The van der Waals surface area contributed by atoms with E-state index in [-0.39, 0.29) is 0 Å². The Morgan fingerprint density at radius 1 is 1.26 bits per heavy atom. The zero-order valence-corrected chi connectivity index (χ0v) is 10.8. The molecule has 0 bridgehead atoms. The molecule has 0 spiro atoms. The number of halogens is 3. The minimum absolute atomic E-state index is 0.344. The Balaban J connectivity index is 2.19. The predicted molar refractivity (Wildman–Crippen MR) is 66.9 cm³/mol. The maximum atomic E-state index is 12.6. The van der Waals surface area contributed by atoms with Crippen LogP contribution in [0, 0.1) is 0 Å². The molecule has 0 saturated heterocycles. The largest absolute Gasteiger partial charge is 0.416 e. The number of rotatable bonds is 3. The highest BCUT2D eigenvalue weighted by atomic mass is 19.4. The molecule has 0 saturated carbocycles. The van der Waals surface area contributed by atoms with Crippen molar-refractivity contribution in [2.45, 2.75) is 32.5 Å². The maximum absolute atomic E-state index is 12.6. The van der Waals surface area contributed by atoms with Gasteiger partial charge in [0.1, 0.15) is 0 Å². The van der Waals surface area contributed by atoms with E-state index in [2.05, 4.69) is 5.10 Å². The first kappa shape index (κ1) is 13.6. The van der Waals surface area contributed by atoms with E-state index >= 15 is 0 Å². The van der Waals surface area contributed by atoms with Crippen molar-refractivity contribution in [1.82, 2.24) is 9.78 Å². The van der Waals surface area contributed by atoms with E-state index in [1.807, 2.05) is 20.0 Å². The molecule has 5 heteroatoms. The average molecular weight is 268 g/mol. The molecule has 0 unspecified atom stereocenters. The summed E-state index contributed by atoms with van der Waals surface area (Å²) < 4.78 is 39.4. The number of nitrogens with zero attached hydrogens (tertiary/aromatic N) is 2. The van der Waals surface area contributed by atoms with Crippen LogP contribution in [-0.4, -0.2) is 9.78 Å². The van der Waals surface area contributed by atoms with Gasteiger partial charge in [0.05, 0.1) is 18.3 Å². The monoisotopic (exact) mass is 268 g/mol. The van der Waals surface area contributed by atoms with Gasteiger partial charge in [0.2, 0.25) is 0 Å². The maximum Gasteiger partial charge on any atom is 0.416 e. The molecule has 2 aromatic rings. The van der Waals surface area contributed by atoms with Crippen LogP contribution in [0.3, 0.4) is 0 Å². The first-order valence-electron chi connectivity index (χ1n) is 6.05. The van der Waals surface area contributed by atoms with Crippen molar-refractivity contribution in [3.63, 3.8) is 0 Å². The van der Waals surface area contributed by atoms with Crippen LogP contribution in [0.1, 0.15) is 36.5 Å². The van der Waals surface area contributed by atoms with Gasteiger partial charge in [-0.15, -0.1) is 0 Å². The van der Waals surface area contributed by atoms with E-state index < -0.39 is 11.7 Å². The molecular weight excluding hydrogens is 253 g/mol. The van der Waals surface area contributed by atoms with Gasteiger partial charge in [-0.2, -0.15) is 18.3 Å². The second-order valence-electron chi connectivity index (χ2n) is 4.82. The zero-order valence-electron chi connectivity index (χ0n) is 10.8. The quantitative estimate of drug-likeness (QED) is 0.820. The Labute approximate surface area is 109 Å². The van der Waals surface area contributed by atoms with Gasteiger partial charge >= 0.3 is 6.18 Å². The highest BCUT2D eigenvalue weighted by molar-refractivity contribution is 5.26. The van der Waals surface area contributed by atoms with Gasteiger partial charge in [0.15, 0.2) is 0 Å². The van der Waals surface area contributed by atoms with Crippen molar-refractivity contribution >= 4 is 0 Å². The van der Waals surface area contributed by atoms with E-state index in [1.165, 1.54) is 6.07 Å². The Morgan fingerprint density at radius 2 is 2.00 bits per heavy atom. The molecule has 102 valence electrons. The van der Waals surface area contributed by atoms with Crippen LogP contribution in [0.2, 0.25) is 0 Å². The van der Waals surface area contributed by atoms with E-state index in [9.17, 15) is 13.2 Å². The molecule has 0 atom stereocenters. The van der Waals surface area contributed by atoms with Gasteiger partial charge in [-0.05, 0) is 29.2 Å². The van der Waals surface area contributed by atoms with Gasteiger partial charge in [-0.1, -0.05) is 26.0 Å². The highest BCUT2D eigenvalue weighted by Gasteiger charge is 2.30. The molecule has 0 aliphatic rings. The molecule has 0 amide bonds. The summed E-state index contributed by atoms with van der Waals surface area (Å²) in [7, 11) is 0. The minimum atomic E-state index is -4.30. The Morgan fingerprint density at radius 3 is 2.58 bits per heavy atom. The second kappa shape index (κ2) is 5.07. The van der Waals surface area contributed by atoms with Crippen molar-refractivity contribution in [2.75, 3.05) is 0 Å². The third-order valence-electron chi connectivity index (χ3n) is 2.92. The molecule has 0 aliphatic heterocycles. The van der Waals surface area contributed by atoms with Crippen LogP contribution in [0.15, 0.2) is 36.7 Å². The van der Waals surface area contributed by atoms with E-state index in [1.54, 1.807) is 16.9 Å². The molecule has 19 heavy (non-hydrogen) atoms. The summed E-state index contributed by atoms with van der Waals surface area (Å²) >= 11 is 0. The SMILES string of the molecule is CC(C)c1cnn(Cc2cccc(C(F)(F)F)c2)c1. The van der Waals surface area contributed by atoms with Gasteiger partial charge in [0.25, 0.3) is 0 Å². The third kappa shape index (κ3) is 3.36. The van der Waals surface area contributed by atoms with Crippen LogP contribution in [0.4, 0.5) is 13.2 Å². The van der Waals surface area contributed by atoms with E-state index in [4.69, 9.17) is 0 Å². The lowest BCUT2D eigenvalue weighted by molar-refractivity contribution is -0.137. The molecule has 1 aromatic carbocycles. The van der Waals surface area contributed by atoms with Crippen molar-refractivity contribution in [1.29, 1.82) is 0 Å². The zero-order chi connectivity index (χ0) is 14.0. The lowest BCUT2D eigenvalue weighted by Gasteiger charge is -2.08. The molecule has 0 radical (unpaired) electrons. The molecule has 2 nitrogen and oxygen atoms in total. The topological polar surface area (TPSA) is 17.8 Å². The fraction of sp³-hybridized carbons (Fsp3) is 0.357. The summed E-state index contributed by atoms with van der Waals surface area (Å²) in [5.74, 6) is 0.357. The van der Waals surface area contributed by atoms with Gasteiger partial charge in [-0.3, -0.25) is 4.68 Å². The van der Waals surface area contributed by atoms with E-state index in [0.29, 0.717) is 18.0 Å². The summed E-state index contributed by atoms with van der Waals surface area (Å²) in [5.41, 5.74) is 1.04. The number of hydrogen-bond acceptors (Lipinski definition) is 1. The molecule has 0 fully saturated rings. The summed E-state index contributed by atoms with van der Waals surface area (Å²) in [6.07, 6.45) is -0.688. The van der Waals surface area contributed by atoms with E-state index in [0.717, 1.165) is 17.7 Å². The molecular formula is C14H15F3N2. The fourth-order valence-corrected chi connectivity index (χ4v) is 1.80. The lowest BCUT2D eigenvalue weighted by atomic mass is 10.1. The van der Waals surface area contributed by atoms with Crippen LogP contribution in [-0.2, 0) is 12.7 Å². The third-order valence-corrected chi connectivity index (χ3v) is 2.92. The smallest absolute Gasteiger partial charge is 0.268 e. The first-order valence-corrected chi connectivity index (χ1v) is 6.05. The highest BCUT2D eigenvalue weighted by Crippen LogP contribution is 2.29. The summed E-state index contributed by atoms with van der Waals surface area (Å²) in [4.78, 5) is 0. The lowest BCUT2D eigenvalue weighted by Crippen LogP contribution is -2.07. The number of aromatic nitrogens is 2. The van der Waals surface area contributed by atoms with Gasteiger partial charge in [0, 0.05) is 6.20 Å². The number of hydrogen-bond donors (Lipinski definition) is 0. The Kier molecular flexibility index (Phi) is 3.64. The summed E-state index contributed by atoms with van der Waals surface area (Å²) in [5, 5.41) is 4.16. The minimum Gasteiger partial charge on any atom is -0.268 e. The van der Waals surface area contributed by atoms with Crippen LogP contribution in [0.25, 0.3) is 0 Å². The summed E-state index contributed by atoms with van der Waals surface area (Å²) in [6.45, 7) is 4.44. The van der Waals surface area contributed by atoms with Crippen molar-refractivity contribution in [2.24, 2.45) is 0 Å². The number of benzene rings is 1. The molecule has 2 rings (SSSR count). The van der Waals surface area contributed by atoms with Crippen molar-refractivity contribution in [3.8, 4) is 0 Å². The Bertz CT molecular complexity index is 556. The van der Waals surface area contributed by atoms with Crippen LogP contribution in [0.5, 0.6) is 0 Å². The van der Waals surface area contributed by atoms with Gasteiger partial charge < -0.3 is 0 Å². The Hall–Kier alpha value is -1.78. The first-order chi connectivity index (χ1) is 8.86. The van der Waals surface area contributed by atoms with Crippen molar-refractivity contribution < 1.29 is 13.2 Å². The van der Waals surface area contributed by atoms with Crippen LogP contribution < -0.4 is 0 Å². The van der Waals surface area contributed by atoms with Crippen LogP contribution >= 0.6 is 0 Å². The molecule has 1 aromatic heterocycles. The average Bonchev–Trinajstić information content (AvgIpc) is 2.77. The number of alkyl halides is 3. The second-order valence-corrected chi connectivity index (χ2v) is 4.82. The fourth-order valence-electron chi connectivity index (χ4n) is 1.80. The summed E-state index contributed by atoms with van der Waals surface area (Å²) in [6, 6.07) is 5.33. The molecule has 0 N–H and O–H groups in total. The standard InChI is InChI=1S/C14H15F3N2/c1-10(2)12-7-18-19(9-12)8-11-4-3-5-13(6-11)14(15,16)17/h3-7,9-10H,8H2,1-2H3.